The molecule has 5 nitrogen and oxygen atoms in total. The molecule has 1 saturated carbocycles. The predicted molar refractivity (Wildman–Crippen MR) is 65.1 cm³/mol. The molecule has 2 atom stereocenters. The van der Waals surface area contributed by atoms with Crippen molar-refractivity contribution in [3.8, 4) is 0 Å². The van der Waals surface area contributed by atoms with Crippen molar-refractivity contribution in [2.75, 3.05) is 6.54 Å². The second-order valence-electron chi connectivity index (χ2n) is 5.45. The minimum atomic E-state index is -0.334. The number of imide groups is 1. The largest absolute Gasteiger partial charge is 0.461 e. The van der Waals surface area contributed by atoms with Crippen LogP contribution in [0.5, 0.6) is 0 Å². The normalized spacial score (nSPS) is 29.9. The molecule has 2 aliphatic rings. The molecule has 0 N–H and O–H groups in total. The van der Waals surface area contributed by atoms with Crippen LogP contribution in [0, 0.1) is 17.8 Å². The molecule has 0 spiro atoms. The maximum absolute atomic E-state index is 12.2. The molecule has 0 aromatic carbocycles. The van der Waals surface area contributed by atoms with Gasteiger partial charge in [0.05, 0.1) is 24.6 Å². The third-order valence-corrected chi connectivity index (χ3v) is 4.06. The molecule has 0 bridgehead atoms. The van der Waals surface area contributed by atoms with Crippen LogP contribution < -0.4 is 0 Å². The SMILES string of the molecule is CC1CC2C(=O)N(CC(=O)c3ccco3)C(=O)C2C1. The number of Topliss-reactive ketones (excluding diaryl/α,β-unsaturated/α-hetero) is 1. The fourth-order valence-electron chi connectivity index (χ4n) is 3.16. The maximum Gasteiger partial charge on any atom is 0.233 e. The zero-order valence-electron chi connectivity index (χ0n) is 10.7. The van der Waals surface area contributed by atoms with Crippen LogP contribution in [0.25, 0.3) is 0 Å². The van der Waals surface area contributed by atoms with Crippen molar-refractivity contribution in [2.24, 2.45) is 17.8 Å². The summed E-state index contributed by atoms with van der Waals surface area (Å²) in [6.07, 6.45) is 2.90. The molecule has 2 amide bonds. The summed E-state index contributed by atoms with van der Waals surface area (Å²) in [4.78, 5) is 37.3. The second-order valence-corrected chi connectivity index (χ2v) is 5.45. The van der Waals surface area contributed by atoms with Crippen LogP contribution in [0.4, 0.5) is 0 Å². The fraction of sp³-hybridized carbons (Fsp3) is 0.500. The number of likely N-dealkylation sites (tertiary alicyclic amines) is 1. The lowest BCUT2D eigenvalue weighted by Gasteiger charge is -2.15. The molecule has 2 heterocycles. The number of hydrogen-bond donors (Lipinski definition) is 0. The van der Waals surface area contributed by atoms with E-state index in [1.54, 1.807) is 6.07 Å². The van der Waals surface area contributed by atoms with E-state index in [4.69, 9.17) is 4.42 Å². The monoisotopic (exact) mass is 261 g/mol. The number of nitrogens with zero attached hydrogens (tertiary/aromatic N) is 1. The molecular weight excluding hydrogens is 246 g/mol. The first kappa shape index (κ1) is 12.1. The van der Waals surface area contributed by atoms with E-state index in [0.29, 0.717) is 5.92 Å². The number of ketones is 1. The summed E-state index contributed by atoms with van der Waals surface area (Å²) in [6, 6.07) is 3.15. The van der Waals surface area contributed by atoms with Crippen LogP contribution in [0.3, 0.4) is 0 Å². The van der Waals surface area contributed by atoms with Crippen LogP contribution in [0.15, 0.2) is 22.8 Å². The van der Waals surface area contributed by atoms with E-state index in [9.17, 15) is 14.4 Å². The third-order valence-electron chi connectivity index (χ3n) is 4.06. The van der Waals surface area contributed by atoms with Gasteiger partial charge in [0.2, 0.25) is 17.6 Å². The molecule has 1 aliphatic heterocycles. The number of amides is 2. The van der Waals surface area contributed by atoms with E-state index in [-0.39, 0.29) is 41.7 Å². The van der Waals surface area contributed by atoms with E-state index in [1.165, 1.54) is 12.3 Å². The number of carbonyl (C=O) groups excluding carboxylic acids is 3. The fourth-order valence-corrected chi connectivity index (χ4v) is 3.16. The van der Waals surface area contributed by atoms with E-state index < -0.39 is 0 Å². The highest BCUT2D eigenvalue weighted by Gasteiger charge is 2.52. The number of hydrogen-bond acceptors (Lipinski definition) is 4. The van der Waals surface area contributed by atoms with E-state index in [2.05, 4.69) is 6.92 Å². The van der Waals surface area contributed by atoms with Gasteiger partial charge < -0.3 is 4.42 Å². The van der Waals surface area contributed by atoms with Gasteiger partial charge in [-0.25, -0.2) is 0 Å². The molecule has 1 saturated heterocycles. The van der Waals surface area contributed by atoms with Gasteiger partial charge in [-0.2, -0.15) is 0 Å². The van der Waals surface area contributed by atoms with Crippen LogP contribution in [-0.2, 0) is 9.59 Å². The number of carbonyl (C=O) groups is 3. The molecular formula is C14H15NO4. The Labute approximate surface area is 110 Å². The van der Waals surface area contributed by atoms with E-state index in [0.717, 1.165) is 17.7 Å². The van der Waals surface area contributed by atoms with Crippen molar-refractivity contribution >= 4 is 17.6 Å². The Bertz CT molecular complexity index is 510. The van der Waals surface area contributed by atoms with E-state index in [1.807, 2.05) is 0 Å². The number of fused-ring (bicyclic) bond motifs is 1. The summed E-state index contributed by atoms with van der Waals surface area (Å²) in [5.74, 6) is -0.561. The lowest BCUT2D eigenvalue weighted by Crippen LogP contribution is -2.36. The summed E-state index contributed by atoms with van der Waals surface area (Å²) in [5.41, 5.74) is 0. The second kappa shape index (κ2) is 4.33. The summed E-state index contributed by atoms with van der Waals surface area (Å²) in [7, 11) is 0. The van der Waals surface area contributed by atoms with Gasteiger partial charge in [-0.1, -0.05) is 6.92 Å². The first-order chi connectivity index (χ1) is 9.08. The Kier molecular flexibility index (Phi) is 2.77. The van der Waals surface area contributed by atoms with Gasteiger partial charge >= 0.3 is 0 Å². The Morgan fingerprint density at radius 3 is 2.47 bits per heavy atom. The molecule has 1 aliphatic carbocycles. The highest BCUT2D eigenvalue weighted by molar-refractivity contribution is 6.09. The van der Waals surface area contributed by atoms with Crippen molar-refractivity contribution in [1.82, 2.24) is 4.90 Å². The van der Waals surface area contributed by atoms with Crippen molar-refractivity contribution in [3.05, 3.63) is 24.2 Å². The Morgan fingerprint density at radius 1 is 1.32 bits per heavy atom. The molecule has 2 fully saturated rings. The van der Waals surface area contributed by atoms with Gasteiger partial charge in [-0.05, 0) is 30.9 Å². The molecule has 19 heavy (non-hydrogen) atoms. The quantitative estimate of drug-likeness (QED) is 0.610. The number of rotatable bonds is 3. The maximum atomic E-state index is 12.2. The highest BCUT2D eigenvalue weighted by Crippen LogP contribution is 2.42. The third kappa shape index (κ3) is 1.89. The van der Waals surface area contributed by atoms with E-state index >= 15 is 0 Å². The van der Waals surface area contributed by atoms with Crippen molar-refractivity contribution in [3.63, 3.8) is 0 Å². The molecule has 1 aromatic heterocycles. The van der Waals surface area contributed by atoms with Crippen molar-refractivity contribution in [2.45, 2.75) is 19.8 Å². The van der Waals surface area contributed by atoms with Gasteiger partial charge in [0.15, 0.2) is 5.76 Å². The lowest BCUT2D eigenvalue weighted by atomic mass is 10.00. The summed E-state index contributed by atoms with van der Waals surface area (Å²) >= 11 is 0. The first-order valence-electron chi connectivity index (χ1n) is 6.50. The standard InChI is InChI=1S/C14H15NO4/c1-8-5-9-10(6-8)14(18)15(13(9)17)7-11(16)12-3-2-4-19-12/h2-4,8-10H,5-7H2,1H3. The minimum absolute atomic E-state index is 0.186. The summed E-state index contributed by atoms with van der Waals surface area (Å²) < 4.78 is 4.99. The molecule has 1 aromatic rings. The zero-order chi connectivity index (χ0) is 13.6. The van der Waals surface area contributed by atoms with Crippen LogP contribution >= 0.6 is 0 Å². The highest BCUT2D eigenvalue weighted by atomic mass is 16.3. The van der Waals surface area contributed by atoms with Gasteiger partial charge in [-0.15, -0.1) is 0 Å². The molecule has 100 valence electrons. The Morgan fingerprint density at radius 2 is 1.95 bits per heavy atom. The van der Waals surface area contributed by atoms with Gasteiger partial charge in [-0.3, -0.25) is 19.3 Å². The van der Waals surface area contributed by atoms with Crippen molar-refractivity contribution in [1.29, 1.82) is 0 Å². The zero-order valence-corrected chi connectivity index (χ0v) is 10.7. The summed E-state index contributed by atoms with van der Waals surface area (Å²) in [6.45, 7) is 1.85. The van der Waals surface area contributed by atoms with Crippen molar-refractivity contribution < 1.29 is 18.8 Å². The molecule has 0 radical (unpaired) electrons. The topological polar surface area (TPSA) is 67.6 Å². The van der Waals surface area contributed by atoms with Crippen LogP contribution in [-0.4, -0.2) is 29.0 Å². The van der Waals surface area contributed by atoms with Gasteiger partial charge in [0, 0.05) is 0 Å². The first-order valence-corrected chi connectivity index (χ1v) is 6.50. The smallest absolute Gasteiger partial charge is 0.233 e. The average molecular weight is 261 g/mol. The Hall–Kier alpha value is -1.91. The predicted octanol–water partition coefficient (Wildman–Crippen LogP) is 1.49. The minimum Gasteiger partial charge on any atom is -0.461 e. The van der Waals surface area contributed by atoms with Crippen LogP contribution in [0.2, 0.25) is 0 Å². The number of furan rings is 1. The Balaban J connectivity index is 1.75. The lowest BCUT2D eigenvalue weighted by molar-refractivity contribution is -0.139. The molecule has 5 heteroatoms. The van der Waals surface area contributed by atoms with Crippen LogP contribution in [0.1, 0.15) is 30.3 Å². The molecule has 2 unspecified atom stereocenters. The summed E-state index contributed by atoms with van der Waals surface area (Å²) in [5, 5.41) is 0. The van der Waals surface area contributed by atoms with Gasteiger partial charge in [0.25, 0.3) is 0 Å². The van der Waals surface area contributed by atoms with Gasteiger partial charge in [0.1, 0.15) is 0 Å². The average Bonchev–Trinajstić information content (AvgIpc) is 3.05. The molecule has 3 rings (SSSR count).